The van der Waals surface area contributed by atoms with Crippen LogP contribution in [0.25, 0.3) is 11.3 Å². The highest BCUT2D eigenvalue weighted by Gasteiger charge is 2.19. The van der Waals surface area contributed by atoms with Crippen molar-refractivity contribution in [1.82, 2.24) is 4.98 Å². The molecule has 2 heterocycles. The molecule has 10 nitrogen and oxygen atoms in total. The Morgan fingerprint density at radius 2 is 2.00 bits per heavy atom. The second kappa shape index (κ2) is 9.43. The number of carboxylic acids is 1. The van der Waals surface area contributed by atoms with Gasteiger partial charge in [0.05, 0.1) is 23.8 Å². The number of anilines is 1. The zero-order chi connectivity index (χ0) is 22.5. The number of ether oxygens (including phenoxy) is 2. The largest absolute Gasteiger partial charge is 0.490 e. The van der Waals surface area contributed by atoms with Crippen LogP contribution in [0.4, 0.5) is 10.8 Å². The number of nitrogens with one attached hydrogen (secondary N) is 1. The third-order valence-electron chi connectivity index (χ3n) is 4.63. The molecule has 0 aliphatic carbocycles. The van der Waals surface area contributed by atoms with Crippen LogP contribution in [0, 0.1) is 10.1 Å². The number of hydrazone groups is 1. The molecule has 4 rings (SSSR count). The maximum absolute atomic E-state index is 11.6. The Morgan fingerprint density at radius 1 is 1.22 bits per heavy atom. The Hall–Kier alpha value is -3.99. The lowest BCUT2D eigenvalue weighted by molar-refractivity contribution is -0.385. The summed E-state index contributed by atoms with van der Waals surface area (Å²) in [4.78, 5) is 26.7. The maximum Gasteiger partial charge on any atom is 0.352 e. The molecule has 0 saturated carbocycles. The van der Waals surface area contributed by atoms with Crippen LogP contribution in [-0.2, 0) is 11.2 Å². The molecule has 0 atom stereocenters. The molecule has 0 saturated heterocycles. The number of fused-ring (bicyclic) bond motifs is 1. The highest BCUT2D eigenvalue weighted by molar-refractivity contribution is 7.14. The average molecular weight is 454 g/mol. The number of nitro benzene ring substituents is 1. The second-order valence-electron chi connectivity index (χ2n) is 6.79. The summed E-state index contributed by atoms with van der Waals surface area (Å²) in [7, 11) is 0. The summed E-state index contributed by atoms with van der Waals surface area (Å²) in [5.41, 5.74) is 3.96. The van der Waals surface area contributed by atoms with Gasteiger partial charge in [-0.15, -0.1) is 11.3 Å². The number of benzene rings is 2. The smallest absolute Gasteiger partial charge is 0.352 e. The molecule has 32 heavy (non-hydrogen) atoms. The van der Waals surface area contributed by atoms with Gasteiger partial charge in [-0.3, -0.25) is 15.5 Å². The highest BCUT2D eigenvalue weighted by Crippen LogP contribution is 2.35. The van der Waals surface area contributed by atoms with Crippen LogP contribution in [0.15, 0.2) is 52.9 Å². The van der Waals surface area contributed by atoms with Gasteiger partial charge in [0.1, 0.15) is 5.71 Å². The number of aliphatic carboxylic acids is 1. The number of para-hydroxylation sites is 1. The first-order valence-corrected chi connectivity index (χ1v) is 10.5. The summed E-state index contributed by atoms with van der Waals surface area (Å²) in [6, 6.07) is 11.5. The first kappa shape index (κ1) is 21.2. The Morgan fingerprint density at radius 3 is 2.78 bits per heavy atom. The number of nitrogens with zero attached hydrogens (tertiary/aromatic N) is 3. The molecule has 11 heteroatoms. The quantitative estimate of drug-likeness (QED) is 0.311. The lowest BCUT2D eigenvalue weighted by Crippen LogP contribution is -2.18. The maximum atomic E-state index is 11.6. The van der Waals surface area contributed by atoms with E-state index in [1.165, 1.54) is 29.5 Å². The molecule has 3 aromatic rings. The lowest BCUT2D eigenvalue weighted by atomic mass is 10.1. The van der Waals surface area contributed by atoms with E-state index in [0.29, 0.717) is 35.5 Å². The van der Waals surface area contributed by atoms with Crippen molar-refractivity contribution in [2.75, 3.05) is 18.6 Å². The monoisotopic (exact) mass is 454 g/mol. The molecule has 2 N–H and O–H groups in total. The Labute approximate surface area is 186 Å². The van der Waals surface area contributed by atoms with Gasteiger partial charge in [-0.2, -0.15) is 5.10 Å². The van der Waals surface area contributed by atoms with Crippen LogP contribution in [0.2, 0.25) is 0 Å². The second-order valence-corrected chi connectivity index (χ2v) is 7.65. The first-order valence-electron chi connectivity index (χ1n) is 9.65. The predicted octanol–water partition coefficient (Wildman–Crippen LogP) is 3.97. The van der Waals surface area contributed by atoms with E-state index in [1.54, 1.807) is 11.4 Å². The van der Waals surface area contributed by atoms with Crippen molar-refractivity contribution in [2.45, 2.75) is 12.8 Å². The Kier molecular flexibility index (Phi) is 6.26. The molecule has 1 aliphatic heterocycles. The molecule has 1 aliphatic rings. The van der Waals surface area contributed by atoms with E-state index < -0.39 is 10.9 Å². The van der Waals surface area contributed by atoms with Crippen LogP contribution in [0.5, 0.6) is 11.5 Å². The van der Waals surface area contributed by atoms with Crippen molar-refractivity contribution < 1.29 is 24.3 Å². The zero-order valence-electron chi connectivity index (χ0n) is 16.7. The minimum atomic E-state index is -1.28. The van der Waals surface area contributed by atoms with E-state index in [1.807, 2.05) is 18.2 Å². The minimum Gasteiger partial charge on any atom is -0.490 e. The fourth-order valence-corrected chi connectivity index (χ4v) is 3.74. The van der Waals surface area contributed by atoms with Crippen LogP contribution >= 0.6 is 11.3 Å². The Balaban J connectivity index is 1.51. The van der Waals surface area contributed by atoms with Gasteiger partial charge >= 0.3 is 5.97 Å². The highest BCUT2D eigenvalue weighted by atomic mass is 32.1. The summed E-state index contributed by atoms with van der Waals surface area (Å²) in [5, 5.41) is 26.8. The van der Waals surface area contributed by atoms with E-state index in [-0.39, 0.29) is 23.4 Å². The predicted molar refractivity (Wildman–Crippen MR) is 119 cm³/mol. The van der Waals surface area contributed by atoms with Crippen molar-refractivity contribution in [3.05, 3.63) is 63.5 Å². The van der Waals surface area contributed by atoms with Gasteiger partial charge in [0, 0.05) is 35.4 Å². The molecule has 2 aromatic carbocycles. The summed E-state index contributed by atoms with van der Waals surface area (Å²) in [5.74, 6) is 0.0546. The molecule has 0 fully saturated rings. The minimum absolute atomic E-state index is 0.160. The normalized spacial score (nSPS) is 13.3. The number of thiazole rings is 1. The lowest BCUT2D eigenvalue weighted by Gasteiger charge is -2.08. The number of hydrogen-bond acceptors (Lipinski definition) is 9. The zero-order valence-corrected chi connectivity index (χ0v) is 17.5. The Bertz CT molecular complexity index is 1190. The van der Waals surface area contributed by atoms with Crippen molar-refractivity contribution >= 4 is 33.8 Å². The van der Waals surface area contributed by atoms with Crippen LogP contribution in [0.3, 0.4) is 0 Å². The van der Waals surface area contributed by atoms with Crippen LogP contribution in [0.1, 0.15) is 12.0 Å². The summed E-state index contributed by atoms with van der Waals surface area (Å²) in [6.07, 6.45) is 0.602. The van der Waals surface area contributed by atoms with Gasteiger partial charge < -0.3 is 14.6 Å². The summed E-state index contributed by atoms with van der Waals surface area (Å²) in [6.45, 7) is 1.18. The number of nitro groups is 1. The SMILES string of the molecule is O=C(O)/C(Cc1ccccc1[N+](=O)[O-])=N\Nc1nc(-c2ccc3c(c2)OCCCO3)cs1. The van der Waals surface area contributed by atoms with Crippen molar-refractivity contribution in [3.63, 3.8) is 0 Å². The third-order valence-corrected chi connectivity index (χ3v) is 5.37. The molecule has 164 valence electrons. The van der Waals surface area contributed by atoms with E-state index in [9.17, 15) is 20.0 Å². The van der Waals surface area contributed by atoms with Gasteiger partial charge in [-0.1, -0.05) is 18.2 Å². The van der Waals surface area contributed by atoms with Crippen molar-refractivity contribution in [2.24, 2.45) is 5.10 Å². The molecule has 0 unspecified atom stereocenters. The average Bonchev–Trinajstić information content (AvgIpc) is 3.13. The summed E-state index contributed by atoms with van der Waals surface area (Å²) >= 11 is 1.25. The molecular weight excluding hydrogens is 436 g/mol. The van der Waals surface area contributed by atoms with Gasteiger partial charge in [0.2, 0.25) is 5.13 Å². The van der Waals surface area contributed by atoms with E-state index in [2.05, 4.69) is 15.5 Å². The van der Waals surface area contributed by atoms with Crippen LogP contribution in [-0.4, -0.2) is 39.9 Å². The van der Waals surface area contributed by atoms with E-state index >= 15 is 0 Å². The van der Waals surface area contributed by atoms with Gasteiger partial charge in [0.25, 0.3) is 5.69 Å². The van der Waals surface area contributed by atoms with E-state index in [0.717, 1.165) is 12.0 Å². The number of aromatic nitrogens is 1. The fraction of sp³-hybridized carbons (Fsp3) is 0.190. The van der Waals surface area contributed by atoms with Gasteiger partial charge in [0.15, 0.2) is 11.5 Å². The molecule has 0 amide bonds. The molecule has 0 spiro atoms. The molecule has 1 aromatic heterocycles. The standard InChI is InChI=1S/C21H18N4O6S/c26-20(27)15(10-14-4-1-2-5-17(14)25(28)29)23-24-21-22-16(12-32-21)13-6-7-18-19(11-13)31-9-3-8-30-18/h1-2,4-7,11-12H,3,8-10H2,(H,22,24)(H,26,27)/b23-15-. The van der Waals surface area contributed by atoms with Crippen molar-refractivity contribution in [3.8, 4) is 22.8 Å². The molecule has 0 bridgehead atoms. The summed E-state index contributed by atoms with van der Waals surface area (Å²) < 4.78 is 11.3. The topological polar surface area (TPSA) is 136 Å². The number of hydrogen-bond donors (Lipinski definition) is 2. The van der Waals surface area contributed by atoms with Gasteiger partial charge in [-0.05, 0) is 18.2 Å². The number of carboxylic acid groups (broad SMARTS) is 1. The first-order chi connectivity index (χ1) is 15.5. The molecule has 0 radical (unpaired) electrons. The number of carbonyl (C=O) groups is 1. The van der Waals surface area contributed by atoms with Crippen molar-refractivity contribution in [1.29, 1.82) is 0 Å². The van der Waals surface area contributed by atoms with E-state index in [4.69, 9.17) is 9.47 Å². The molecular formula is C21H18N4O6S. The van der Waals surface area contributed by atoms with Gasteiger partial charge in [-0.25, -0.2) is 9.78 Å². The number of rotatable bonds is 7. The fourth-order valence-electron chi connectivity index (χ4n) is 3.08. The third kappa shape index (κ3) is 4.83. The van der Waals surface area contributed by atoms with Crippen LogP contribution < -0.4 is 14.9 Å².